The average molecular weight is 357 g/mol. The molecule has 0 bridgehead atoms. The second-order valence-electron chi connectivity index (χ2n) is 4.43. The number of nitrogens with one attached hydrogen (secondary N) is 1. The van der Waals surface area contributed by atoms with Crippen LogP contribution in [-0.2, 0) is 6.42 Å². The van der Waals surface area contributed by atoms with Crippen LogP contribution in [0, 0.1) is 5.82 Å². The van der Waals surface area contributed by atoms with Crippen molar-refractivity contribution in [2.24, 2.45) is 0 Å². The maximum Gasteiger partial charge on any atom is 0.187 e. The Hall–Kier alpha value is -1.63. The number of thiophene rings is 1. The second-order valence-corrected chi connectivity index (χ2v) is 6.06. The number of benzene rings is 1. The van der Waals surface area contributed by atoms with Crippen molar-refractivity contribution in [1.29, 1.82) is 0 Å². The van der Waals surface area contributed by atoms with Gasteiger partial charge in [0, 0.05) is 23.6 Å². The standard InChI is InChI=1S/C15H13FN2OS2.ClH/c1-19-14-7-11(2-3-13(14)16)17-15-18-12(9-21-15)6-10-4-5-20-8-10;/h2-5,7-9H,6H2,1H3,(H,17,18);1H. The summed E-state index contributed by atoms with van der Waals surface area (Å²) in [6, 6.07) is 6.76. The van der Waals surface area contributed by atoms with Crippen molar-refractivity contribution in [3.63, 3.8) is 0 Å². The van der Waals surface area contributed by atoms with Crippen molar-refractivity contribution in [2.45, 2.75) is 6.42 Å². The normalized spacial score (nSPS) is 10.1. The van der Waals surface area contributed by atoms with Crippen LogP contribution in [0.3, 0.4) is 0 Å². The number of rotatable bonds is 5. The molecule has 1 aromatic carbocycles. The van der Waals surface area contributed by atoms with Crippen molar-refractivity contribution in [3.05, 3.63) is 57.5 Å². The summed E-state index contributed by atoms with van der Waals surface area (Å²) in [5.41, 5.74) is 3.04. The van der Waals surface area contributed by atoms with Gasteiger partial charge in [0.2, 0.25) is 0 Å². The summed E-state index contributed by atoms with van der Waals surface area (Å²) >= 11 is 3.21. The van der Waals surface area contributed by atoms with Gasteiger partial charge in [0.1, 0.15) is 0 Å². The molecule has 7 heteroatoms. The van der Waals surface area contributed by atoms with E-state index in [-0.39, 0.29) is 24.0 Å². The van der Waals surface area contributed by atoms with Gasteiger partial charge in [-0.05, 0) is 34.5 Å². The summed E-state index contributed by atoms with van der Waals surface area (Å²) in [5, 5.41) is 10.2. The fraction of sp³-hybridized carbons (Fsp3) is 0.133. The topological polar surface area (TPSA) is 34.1 Å². The van der Waals surface area contributed by atoms with Crippen LogP contribution in [0.4, 0.5) is 15.2 Å². The van der Waals surface area contributed by atoms with Crippen molar-refractivity contribution >= 4 is 45.9 Å². The van der Waals surface area contributed by atoms with E-state index in [9.17, 15) is 4.39 Å². The van der Waals surface area contributed by atoms with Gasteiger partial charge >= 0.3 is 0 Å². The van der Waals surface area contributed by atoms with Gasteiger partial charge in [0.05, 0.1) is 12.8 Å². The first-order valence-corrected chi connectivity index (χ1v) is 8.13. The maximum atomic E-state index is 13.4. The molecule has 0 radical (unpaired) electrons. The highest BCUT2D eigenvalue weighted by atomic mass is 35.5. The number of anilines is 2. The SMILES string of the molecule is COc1cc(Nc2nc(Cc3ccsc3)cs2)ccc1F.Cl. The molecular formula is C15H14ClFN2OS2. The van der Waals surface area contributed by atoms with Gasteiger partial charge in [-0.2, -0.15) is 11.3 Å². The quantitative estimate of drug-likeness (QED) is 0.689. The molecule has 116 valence electrons. The number of hydrogen-bond donors (Lipinski definition) is 1. The zero-order valence-electron chi connectivity index (χ0n) is 11.7. The molecule has 3 nitrogen and oxygen atoms in total. The molecule has 0 unspecified atom stereocenters. The van der Waals surface area contributed by atoms with Crippen LogP contribution in [0.1, 0.15) is 11.3 Å². The van der Waals surface area contributed by atoms with Crippen LogP contribution in [0.15, 0.2) is 40.4 Å². The Morgan fingerprint density at radius 3 is 2.86 bits per heavy atom. The molecule has 0 aliphatic heterocycles. The highest BCUT2D eigenvalue weighted by Crippen LogP contribution is 2.26. The van der Waals surface area contributed by atoms with Gasteiger partial charge < -0.3 is 10.1 Å². The first kappa shape index (κ1) is 16.7. The summed E-state index contributed by atoms with van der Waals surface area (Å²) in [6.07, 6.45) is 0.828. The monoisotopic (exact) mass is 356 g/mol. The van der Waals surface area contributed by atoms with Crippen LogP contribution in [0.2, 0.25) is 0 Å². The molecule has 3 rings (SSSR count). The number of halogens is 2. The zero-order chi connectivity index (χ0) is 14.7. The Labute approximate surface area is 142 Å². The lowest BCUT2D eigenvalue weighted by Crippen LogP contribution is -1.94. The Kier molecular flexibility index (Phi) is 5.76. The van der Waals surface area contributed by atoms with Crippen LogP contribution in [0.5, 0.6) is 5.75 Å². The van der Waals surface area contributed by atoms with Crippen LogP contribution in [-0.4, -0.2) is 12.1 Å². The molecule has 2 aromatic heterocycles. The van der Waals surface area contributed by atoms with E-state index in [1.54, 1.807) is 23.5 Å². The van der Waals surface area contributed by atoms with Gasteiger partial charge in [-0.25, -0.2) is 9.37 Å². The largest absolute Gasteiger partial charge is 0.494 e. The minimum absolute atomic E-state index is 0. The minimum atomic E-state index is -0.375. The van der Waals surface area contributed by atoms with E-state index in [0.717, 1.165) is 22.9 Å². The van der Waals surface area contributed by atoms with Gasteiger partial charge in [-0.3, -0.25) is 0 Å². The fourth-order valence-electron chi connectivity index (χ4n) is 1.91. The van der Waals surface area contributed by atoms with Crippen LogP contribution < -0.4 is 10.1 Å². The first-order valence-electron chi connectivity index (χ1n) is 6.30. The number of methoxy groups -OCH3 is 1. The molecule has 0 fully saturated rings. The zero-order valence-corrected chi connectivity index (χ0v) is 14.2. The van der Waals surface area contributed by atoms with E-state index in [4.69, 9.17) is 4.74 Å². The Morgan fingerprint density at radius 2 is 2.14 bits per heavy atom. The Morgan fingerprint density at radius 1 is 1.27 bits per heavy atom. The van der Waals surface area contributed by atoms with E-state index in [0.29, 0.717) is 0 Å². The molecule has 0 saturated carbocycles. The molecule has 3 aromatic rings. The lowest BCUT2D eigenvalue weighted by molar-refractivity contribution is 0.387. The van der Waals surface area contributed by atoms with Crippen molar-refractivity contribution < 1.29 is 9.13 Å². The van der Waals surface area contributed by atoms with Gasteiger partial charge in [0.15, 0.2) is 16.7 Å². The molecule has 1 N–H and O–H groups in total. The first-order chi connectivity index (χ1) is 10.2. The number of nitrogens with zero attached hydrogens (tertiary/aromatic N) is 1. The van der Waals surface area contributed by atoms with Crippen molar-refractivity contribution in [3.8, 4) is 5.75 Å². The summed E-state index contributed by atoms with van der Waals surface area (Å²) in [6.45, 7) is 0. The van der Waals surface area contributed by atoms with Crippen molar-refractivity contribution in [1.82, 2.24) is 4.98 Å². The van der Waals surface area contributed by atoms with E-state index in [1.165, 1.54) is 30.1 Å². The van der Waals surface area contributed by atoms with E-state index in [2.05, 4.69) is 27.1 Å². The molecule has 0 aliphatic rings. The summed E-state index contributed by atoms with van der Waals surface area (Å²) in [4.78, 5) is 4.54. The molecule has 0 amide bonds. The lowest BCUT2D eigenvalue weighted by atomic mass is 10.2. The summed E-state index contributed by atoms with van der Waals surface area (Å²) in [5.74, 6) is -0.157. The van der Waals surface area contributed by atoms with Crippen LogP contribution in [0.25, 0.3) is 0 Å². The minimum Gasteiger partial charge on any atom is -0.494 e. The third-order valence-electron chi connectivity index (χ3n) is 2.92. The van der Waals surface area contributed by atoms with Crippen LogP contribution >= 0.6 is 35.1 Å². The number of ether oxygens (including phenoxy) is 1. The molecule has 2 heterocycles. The number of aromatic nitrogens is 1. The number of thiazole rings is 1. The Balaban J connectivity index is 0.00000176. The van der Waals surface area contributed by atoms with E-state index in [1.807, 2.05) is 5.38 Å². The summed E-state index contributed by atoms with van der Waals surface area (Å²) in [7, 11) is 1.45. The third kappa shape index (κ3) is 3.97. The van der Waals surface area contributed by atoms with E-state index >= 15 is 0 Å². The second kappa shape index (κ2) is 7.58. The molecule has 0 aliphatic carbocycles. The highest BCUT2D eigenvalue weighted by Gasteiger charge is 2.07. The molecule has 0 spiro atoms. The fourth-order valence-corrected chi connectivity index (χ4v) is 3.31. The van der Waals surface area contributed by atoms with Gasteiger partial charge in [0.25, 0.3) is 0 Å². The summed E-state index contributed by atoms with van der Waals surface area (Å²) < 4.78 is 18.3. The maximum absolute atomic E-state index is 13.4. The predicted octanol–water partition coefficient (Wildman–Crippen LogP) is 5.11. The molecular weight excluding hydrogens is 343 g/mol. The average Bonchev–Trinajstić information content (AvgIpc) is 3.14. The highest BCUT2D eigenvalue weighted by molar-refractivity contribution is 7.13. The van der Waals surface area contributed by atoms with E-state index < -0.39 is 0 Å². The third-order valence-corrected chi connectivity index (χ3v) is 4.46. The van der Waals surface area contributed by atoms with Gasteiger partial charge in [-0.1, -0.05) is 0 Å². The Bertz CT molecular complexity index is 731. The van der Waals surface area contributed by atoms with Gasteiger partial charge in [-0.15, -0.1) is 23.7 Å². The smallest absolute Gasteiger partial charge is 0.187 e. The molecule has 0 atom stereocenters. The molecule has 22 heavy (non-hydrogen) atoms. The lowest BCUT2D eigenvalue weighted by Gasteiger charge is -2.06. The number of hydrogen-bond acceptors (Lipinski definition) is 5. The molecule has 0 saturated heterocycles. The van der Waals surface area contributed by atoms with Crippen molar-refractivity contribution in [2.75, 3.05) is 12.4 Å². The predicted molar refractivity (Wildman–Crippen MR) is 92.7 cm³/mol.